The number of fused-ring (bicyclic) bond motifs is 1. The van der Waals surface area contributed by atoms with E-state index in [1.807, 2.05) is 40.0 Å². The molecule has 1 N–H and O–H groups in total. The predicted molar refractivity (Wildman–Crippen MR) is 111 cm³/mol. The third-order valence-electron chi connectivity index (χ3n) is 5.43. The highest BCUT2D eigenvalue weighted by atomic mass is 16.6. The fourth-order valence-electron chi connectivity index (χ4n) is 3.98. The van der Waals surface area contributed by atoms with Gasteiger partial charge in [0.25, 0.3) is 0 Å². The van der Waals surface area contributed by atoms with Crippen molar-refractivity contribution < 1.29 is 19.1 Å². The van der Waals surface area contributed by atoms with Gasteiger partial charge in [-0.05, 0) is 45.7 Å². The Bertz CT molecular complexity index is 1020. The SMILES string of the molecule is Cc1cn([C@H]2CCN(C(=O)OC(C)(C)C)C2)c2ncc(N3CCC(=O)NC3=O)cc12. The monoisotopic (exact) mass is 413 g/mol. The van der Waals surface area contributed by atoms with Gasteiger partial charge in [-0.3, -0.25) is 15.0 Å². The van der Waals surface area contributed by atoms with Crippen LogP contribution in [0.4, 0.5) is 15.3 Å². The second-order valence-corrected chi connectivity index (χ2v) is 8.91. The molecule has 4 amide bonds. The molecular weight excluding hydrogens is 386 g/mol. The van der Waals surface area contributed by atoms with Crippen molar-refractivity contribution in [2.45, 2.75) is 52.2 Å². The molecule has 2 aromatic heterocycles. The van der Waals surface area contributed by atoms with Crippen molar-refractivity contribution in [1.29, 1.82) is 0 Å². The molecule has 9 heteroatoms. The molecule has 2 fully saturated rings. The van der Waals surface area contributed by atoms with E-state index < -0.39 is 11.6 Å². The molecule has 0 unspecified atom stereocenters. The third-order valence-corrected chi connectivity index (χ3v) is 5.43. The van der Waals surface area contributed by atoms with E-state index in [-0.39, 0.29) is 24.5 Å². The van der Waals surface area contributed by atoms with Crippen molar-refractivity contribution >= 4 is 34.8 Å². The summed E-state index contributed by atoms with van der Waals surface area (Å²) in [5, 5.41) is 3.29. The maximum absolute atomic E-state index is 12.4. The molecule has 0 radical (unpaired) electrons. The summed E-state index contributed by atoms with van der Waals surface area (Å²) < 4.78 is 7.60. The number of pyridine rings is 1. The van der Waals surface area contributed by atoms with Crippen LogP contribution in [0, 0.1) is 6.92 Å². The topological polar surface area (TPSA) is 96.8 Å². The van der Waals surface area contributed by atoms with Gasteiger partial charge in [0.15, 0.2) is 0 Å². The lowest BCUT2D eigenvalue weighted by molar-refractivity contribution is -0.120. The summed E-state index contributed by atoms with van der Waals surface area (Å²) in [6.07, 6.45) is 4.51. The van der Waals surface area contributed by atoms with Gasteiger partial charge in [-0.15, -0.1) is 0 Å². The van der Waals surface area contributed by atoms with Crippen LogP contribution in [0.1, 0.15) is 45.2 Å². The molecule has 2 aliphatic heterocycles. The summed E-state index contributed by atoms with van der Waals surface area (Å²) in [5.74, 6) is -0.261. The molecule has 0 saturated carbocycles. The van der Waals surface area contributed by atoms with Crippen LogP contribution >= 0.6 is 0 Å². The molecule has 2 saturated heterocycles. The van der Waals surface area contributed by atoms with Crippen LogP contribution in [-0.2, 0) is 9.53 Å². The van der Waals surface area contributed by atoms with Crippen molar-refractivity contribution in [2.75, 3.05) is 24.5 Å². The minimum atomic E-state index is -0.519. The van der Waals surface area contributed by atoms with E-state index in [9.17, 15) is 14.4 Å². The first-order valence-electron chi connectivity index (χ1n) is 10.2. The van der Waals surface area contributed by atoms with Crippen molar-refractivity contribution in [1.82, 2.24) is 19.8 Å². The van der Waals surface area contributed by atoms with Gasteiger partial charge in [0.1, 0.15) is 11.2 Å². The van der Waals surface area contributed by atoms with Gasteiger partial charge >= 0.3 is 12.1 Å². The maximum atomic E-state index is 12.4. The molecule has 2 aliphatic rings. The quantitative estimate of drug-likeness (QED) is 0.816. The van der Waals surface area contributed by atoms with Gasteiger partial charge in [0, 0.05) is 37.6 Å². The highest BCUT2D eigenvalue weighted by Gasteiger charge is 2.32. The first-order chi connectivity index (χ1) is 14.1. The number of hydrogen-bond acceptors (Lipinski definition) is 5. The van der Waals surface area contributed by atoms with Gasteiger partial charge in [-0.2, -0.15) is 0 Å². The summed E-state index contributed by atoms with van der Waals surface area (Å²) in [5.41, 5.74) is 2.01. The Morgan fingerprint density at radius 3 is 2.73 bits per heavy atom. The number of urea groups is 1. The molecule has 0 aromatic carbocycles. The molecule has 9 nitrogen and oxygen atoms in total. The Balaban J connectivity index is 1.56. The lowest BCUT2D eigenvalue weighted by Gasteiger charge is -2.26. The molecule has 0 spiro atoms. The molecule has 0 aliphatic carbocycles. The average molecular weight is 413 g/mol. The number of anilines is 1. The number of likely N-dealkylation sites (tertiary alicyclic amines) is 1. The standard InChI is InChI=1S/C21H27N5O4/c1-13-11-26(14-5-7-24(12-14)20(29)30-21(2,3)4)18-16(13)9-15(10-22-18)25-8-6-17(27)23-19(25)28/h9-11,14H,5-8,12H2,1-4H3,(H,23,27,28)/t14-/m0/s1. The van der Waals surface area contributed by atoms with E-state index >= 15 is 0 Å². The molecule has 1 atom stereocenters. The summed E-state index contributed by atoms with van der Waals surface area (Å²) in [6.45, 7) is 9.14. The molecule has 160 valence electrons. The van der Waals surface area contributed by atoms with Crippen LogP contribution in [0.5, 0.6) is 0 Å². The number of nitrogens with zero attached hydrogens (tertiary/aromatic N) is 4. The molecule has 4 heterocycles. The molecular formula is C21H27N5O4. The number of hydrogen-bond donors (Lipinski definition) is 1. The van der Waals surface area contributed by atoms with Crippen molar-refractivity contribution in [3.05, 3.63) is 24.0 Å². The first-order valence-corrected chi connectivity index (χ1v) is 10.2. The van der Waals surface area contributed by atoms with E-state index in [1.54, 1.807) is 11.1 Å². The van der Waals surface area contributed by atoms with Crippen LogP contribution in [0.15, 0.2) is 18.5 Å². The van der Waals surface area contributed by atoms with Crippen molar-refractivity contribution in [3.63, 3.8) is 0 Å². The number of carbonyl (C=O) groups excluding carboxylic acids is 3. The van der Waals surface area contributed by atoms with E-state index in [0.29, 0.717) is 25.3 Å². The normalized spacial score (nSPS) is 20.1. The Morgan fingerprint density at radius 1 is 1.27 bits per heavy atom. The van der Waals surface area contributed by atoms with Gasteiger partial charge in [0.2, 0.25) is 5.91 Å². The number of ether oxygens (including phenoxy) is 1. The van der Waals surface area contributed by atoms with Gasteiger partial charge in [-0.25, -0.2) is 14.6 Å². The van der Waals surface area contributed by atoms with Gasteiger partial charge < -0.3 is 14.2 Å². The smallest absolute Gasteiger partial charge is 0.410 e. The van der Waals surface area contributed by atoms with Crippen molar-refractivity contribution in [3.8, 4) is 0 Å². The number of imide groups is 1. The average Bonchev–Trinajstić information content (AvgIpc) is 3.25. The Kier molecular flexibility index (Phi) is 4.91. The number of rotatable bonds is 2. The zero-order chi connectivity index (χ0) is 21.6. The fourth-order valence-corrected chi connectivity index (χ4v) is 3.98. The van der Waals surface area contributed by atoms with Gasteiger partial charge in [-0.1, -0.05) is 0 Å². The Labute approximate surface area is 175 Å². The zero-order valence-corrected chi connectivity index (χ0v) is 17.8. The highest BCUT2D eigenvalue weighted by molar-refractivity contribution is 6.06. The minimum Gasteiger partial charge on any atom is -0.444 e. The second kappa shape index (κ2) is 7.30. The number of aromatic nitrogens is 2. The number of carbonyl (C=O) groups is 3. The van der Waals surface area contributed by atoms with E-state index in [0.717, 1.165) is 23.0 Å². The van der Waals surface area contributed by atoms with E-state index in [2.05, 4.69) is 14.9 Å². The summed E-state index contributed by atoms with van der Waals surface area (Å²) in [6, 6.07) is 1.63. The largest absolute Gasteiger partial charge is 0.444 e. The number of amides is 4. The molecule has 4 rings (SSSR count). The first kappa shape index (κ1) is 20.2. The summed E-state index contributed by atoms with van der Waals surface area (Å²) >= 11 is 0. The van der Waals surface area contributed by atoms with Crippen LogP contribution < -0.4 is 10.2 Å². The number of aryl methyl sites for hydroxylation is 1. The second-order valence-electron chi connectivity index (χ2n) is 8.91. The van der Waals surface area contributed by atoms with Crippen LogP contribution in [0.3, 0.4) is 0 Å². The highest BCUT2D eigenvalue weighted by Crippen LogP contribution is 2.31. The zero-order valence-electron chi connectivity index (χ0n) is 17.8. The predicted octanol–water partition coefficient (Wildman–Crippen LogP) is 2.97. The van der Waals surface area contributed by atoms with E-state index in [4.69, 9.17) is 4.74 Å². The van der Waals surface area contributed by atoms with Crippen LogP contribution in [0.25, 0.3) is 11.0 Å². The number of nitrogens with one attached hydrogen (secondary N) is 1. The summed E-state index contributed by atoms with van der Waals surface area (Å²) in [4.78, 5) is 43.8. The molecule has 0 bridgehead atoms. The van der Waals surface area contributed by atoms with Crippen LogP contribution in [0.2, 0.25) is 0 Å². The van der Waals surface area contributed by atoms with E-state index in [1.165, 1.54) is 4.90 Å². The lowest BCUT2D eigenvalue weighted by atomic mass is 10.2. The molecule has 30 heavy (non-hydrogen) atoms. The maximum Gasteiger partial charge on any atom is 0.410 e. The molecule has 2 aromatic rings. The summed E-state index contributed by atoms with van der Waals surface area (Å²) in [7, 11) is 0. The lowest BCUT2D eigenvalue weighted by Crippen LogP contribution is -2.49. The fraction of sp³-hybridized carbons (Fsp3) is 0.524. The van der Waals surface area contributed by atoms with Crippen molar-refractivity contribution in [2.24, 2.45) is 0 Å². The third kappa shape index (κ3) is 3.83. The Morgan fingerprint density at radius 2 is 2.03 bits per heavy atom. The minimum absolute atomic E-state index is 0.114. The Hall–Kier alpha value is -3.10. The van der Waals surface area contributed by atoms with Crippen LogP contribution in [-0.4, -0.2) is 57.7 Å². The van der Waals surface area contributed by atoms with Gasteiger partial charge in [0.05, 0.1) is 17.9 Å².